The largest absolute Gasteiger partial charge is 0.437 e. The fraction of sp³-hybridized carbons (Fsp3) is 0.231. The Morgan fingerprint density at radius 1 is 1.11 bits per heavy atom. The van der Waals surface area contributed by atoms with Crippen LogP contribution in [0.1, 0.15) is 36.5 Å². The van der Waals surface area contributed by atoms with Crippen LogP contribution >= 0.6 is 0 Å². The standard InChI is InChI=1S/C26H30N6O3/c1-5-15-32(4)19-13-11-17(12-14-19)29-25-23(24(27)34)30-21(6-2)26(31-25)35-20-10-8-9-18(16-20)28-22(33)7-3/h7-14,16H,3,5-6,15H2,1-2,4H3,(H2,27,34)(H,28,33)(H,29,31). The van der Waals surface area contributed by atoms with E-state index in [0.29, 0.717) is 23.6 Å². The van der Waals surface area contributed by atoms with E-state index in [2.05, 4.69) is 39.0 Å². The molecule has 35 heavy (non-hydrogen) atoms. The smallest absolute Gasteiger partial charge is 0.271 e. The zero-order valence-corrected chi connectivity index (χ0v) is 20.2. The highest BCUT2D eigenvalue weighted by molar-refractivity contribution is 5.99. The van der Waals surface area contributed by atoms with Crippen molar-refractivity contribution in [3.63, 3.8) is 0 Å². The van der Waals surface area contributed by atoms with Gasteiger partial charge in [-0.05, 0) is 55.3 Å². The van der Waals surface area contributed by atoms with E-state index in [-0.39, 0.29) is 23.3 Å². The number of primary amides is 1. The zero-order chi connectivity index (χ0) is 25.4. The number of amides is 2. The lowest BCUT2D eigenvalue weighted by molar-refractivity contribution is -0.111. The van der Waals surface area contributed by atoms with Crippen LogP contribution in [0.4, 0.5) is 22.9 Å². The van der Waals surface area contributed by atoms with E-state index in [1.165, 1.54) is 6.08 Å². The predicted molar refractivity (Wildman–Crippen MR) is 139 cm³/mol. The number of hydrogen-bond donors (Lipinski definition) is 3. The molecule has 4 N–H and O–H groups in total. The van der Waals surface area contributed by atoms with Crippen molar-refractivity contribution in [2.75, 3.05) is 29.1 Å². The van der Waals surface area contributed by atoms with Crippen LogP contribution in [-0.2, 0) is 11.2 Å². The van der Waals surface area contributed by atoms with Gasteiger partial charge in [-0.15, -0.1) is 0 Å². The number of nitrogens with zero attached hydrogens (tertiary/aromatic N) is 3. The van der Waals surface area contributed by atoms with Gasteiger partial charge in [0.25, 0.3) is 5.91 Å². The van der Waals surface area contributed by atoms with Gasteiger partial charge in [0, 0.05) is 36.7 Å². The van der Waals surface area contributed by atoms with Gasteiger partial charge in [0.1, 0.15) is 11.4 Å². The van der Waals surface area contributed by atoms with Gasteiger partial charge < -0.3 is 26.0 Å². The molecule has 0 fully saturated rings. The molecule has 0 saturated heterocycles. The van der Waals surface area contributed by atoms with E-state index in [0.717, 1.165) is 24.3 Å². The van der Waals surface area contributed by atoms with Gasteiger partial charge >= 0.3 is 0 Å². The highest BCUT2D eigenvalue weighted by atomic mass is 16.5. The summed E-state index contributed by atoms with van der Waals surface area (Å²) in [6.07, 6.45) is 2.70. The third kappa shape index (κ3) is 6.57. The lowest BCUT2D eigenvalue weighted by Crippen LogP contribution is -2.18. The second kappa shape index (κ2) is 11.6. The summed E-state index contributed by atoms with van der Waals surface area (Å²) < 4.78 is 6.00. The Bertz CT molecular complexity index is 1210. The van der Waals surface area contributed by atoms with E-state index in [9.17, 15) is 9.59 Å². The molecule has 182 valence electrons. The minimum Gasteiger partial charge on any atom is -0.437 e. The molecule has 0 unspecified atom stereocenters. The predicted octanol–water partition coefficient (Wildman–Crippen LogP) is 4.64. The molecule has 0 aliphatic rings. The van der Waals surface area contributed by atoms with Crippen LogP contribution in [0.3, 0.4) is 0 Å². The van der Waals surface area contributed by atoms with Crippen LogP contribution in [0, 0.1) is 0 Å². The molecule has 2 aromatic carbocycles. The second-order valence-electron chi connectivity index (χ2n) is 7.81. The van der Waals surface area contributed by atoms with Crippen molar-refractivity contribution in [1.82, 2.24) is 9.97 Å². The average Bonchev–Trinajstić information content (AvgIpc) is 2.84. The summed E-state index contributed by atoms with van der Waals surface area (Å²) in [5.41, 5.74) is 8.43. The van der Waals surface area contributed by atoms with E-state index in [1.54, 1.807) is 24.3 Å². The van der Waals surface area contributed by atoms with E-state index in [1.807, 2.05) is 38.2 Å². The summed E-state index contributed by atoms with van der Waals surface area (Å²) in [7, 11) is 2.04. The minimum absolute atomic E-state index is 0.0216. The summed E-state index contributed by atoms with van der Waals surface area (Å²) in [4.78, 5) is 34.9. The molecule has 2 amide bonds. The van der Waals surface area contributed by atoms with Crippen molar-refractivity contribution < 1.29 is 14.3 Å². The first-order chi connectivity index (χ1) is 16.8. The molecule has 9 nitrogen and oxygen atoms in total. The van der Waals surface area contributed by atoms with Crippen LogP contribution in [-0.4, -0.2) is 35.4 Å². The first kappa shape index (κ1) is 25.2. The maximum absolute atomic E-state index is 12.1. The SMILES string of the molecule is C=CC(=O)Nc1cccc(Oc2nc(Nc3ccc(N(C)CCC)cc3)c(C(N)=O)nc2CC)c1. The molecule has 0 aliphatic heterocycles. The fourth-order valence-corrected chi connectivity index (χ4v) is 3.37. The Morgan fingerprint density at radius 2 is 1.86 bits per heavy atom. The summed E-state index contributed by atoms with van der Waals surface area (Å²) in [6.45, 7) is 8.40. The van der Waals surface area contributed by atoms with Crippen molar-refractivity contribution >= 4 is 34.7 Å². The number of aromatic nitrogens is 2. The third-order valence-electron chi connectivity index (χ3n) is 5.13. The van der Waals surface area contributed by atoms with E-state index >= 15 is 0 Å². The lowest BCUT2D eigenvalue weighted by Gasteiger charge is -2.19. The molecule has 0 spiro atoms. The first-order valence-electron chi connectivity index (χ1n) is 11.3. The Hall–Kier alpha value is -4.40. The highest BCUT2D eigenvalue weighted by Crippen LogP contribution is 2.29. The zero-order valence-electron chi connectivity index (χ0n) is 20.2. The number of benzene rings is 2. The summed E-state index contributed by atoms with van der Waals surface area (Å²) in [6, 6.07) is 14.6. The van der Waals surface area contributed by atoms with Gasteiger partial charge in [0.15, 0.2) is 11.5 Å². The van der Waals surface area contributed by atoms with Crippen molar-refractivity contribution in [2.45, 2.75) is 26.7 Å². The summed E-state index contributed by atoms with van der Waals surface area (Å²) in [5, 5.41) is 5.82. The summed E-state index contributed by atoms with van der Waals surface area (Å²) >= 11 is 0. The summed E-state index contributed by atoms with van der Waals surface area (Å²) in [5.74, 6) is -0.172. The van der Waals surface area contributed by atoms with E-state index in [4.69, 9.17) is 10.5 Å². The number of hydrogen-bond acceptors (Lipinski definition) is 7. The van der Waals surface area contributed by atoms with Gasteiger partial charge in [0.2, 0.25) is 11.8 Å². The second-order valence-corrected chi connectivity index (χ2v) is 7.81. The fourth-order valence-electron chi connectivity index (χ4n) is 3.37. The van der Waals surface area contributed by atoms with Gasteiger partial charge in [-0.2, -0.15) is 4.98 Å². The third-order valence-corrected chi connectivity index (χ3v) is 5.13. The molecule has 0 aliphatic carbocycles. The molecular weight excluding hydrogens is 444 g/mol. The van der Waals surface area contributed by atoms with Crippen molar-refractivity contribution in [3.8, 4) is 11.6 Å². The Morgan fingerprint density at radius 3 is 2.49 bits per heavy atom. The van der Waals surface area contributed by atoms with Gasteiger partial charge in [0.05, 0.1) is 0 Å². The maximum atomic E-state index is 12.1. The molecule has 9 heteroatoms. The van der Waals surface area contributed by atoms with Crippen molar-refractivity contribution in [2.24, 2.45) is 5.73 Å². The van der Waals surface area contributed by atoms with Crippen LogP contribution in [0.25, 0.3) is 0 Å². The van der Waals surface area contributed by atoms with Crippen LogP contribution in [0.2, 0.25) is 0 Å². The molecule has 0 atom stereocenters. The number of rotatable bonds is 11. The molecule has 0 radical (unpaired) electrons. The molecule has 1 heterocycles. The lowest BCUT2D eigenvalue weighted by atomic mass is 10.2. The number of carbonyl (C=O) groups excluding carboxylic acids is 2. The maximum Gasteiger partial charge on any atom is 0.271 e. The normalized spacial score (nSPS) is 10.4. The average molecular weight is 475 g/mol. The number of ether oxygens (including phenoxy) is 1. The van der Waals surface area contributed by atoms with Gasteiger partial charge in [-0.25, -0.2) is 4.98 Å². The number of nitrogens with two attached hydrogens (primary N) is 1. The van der Waals surface area contributed by atoms with Crippen LogP contribution < -0.4 is 26.0 Å². The monoisotopic (exact) mass is 474 g/mol. The number of aryl methyl sites for hydroxylation is 1. The minimum atomic E-state index is -0.699. The molecular formula is C26H30N6O3. The van der Waals surface area contributed by atoms with Crippen LogP contribution in [0.15, 0.2) is 61.2 Å². The number of carbonyl (C=O) groups is 2. The van der Waals surface area contributed by atoms with Crippen LogP contribution in [0.5, 0.6) is 11.6 Å². The van der Waals surface area contributed by atoms with Gasteiger partial charge in [-0.1, -0.05) is 26.5 Å². The first-order valence-corrected chi connectivity index (χ1v) is 11.3. The highest BCUT2D eigenvalue weighted by Gasteiger charge is 2.19. The van der Waals surface area contributed by atoms with E-state index < -0.39 is 5.91 Å². The molecule has 3 rings (SSSR count). The van der Waals surface area contributed by atoms with Crippen molar-refractivity contribution in [3.05, 3.63) is 72.6 Å². The Balaban J connectivity index is 1.91. The molecule has 0 saturated carbocycles. The topological polar surface area (TPSA) is 122 Å². The Labute approximate surface area is 205 Å². The molecule has 3 aromatic rings. The number of nitrogens with one attached hydrogen (secondary N) is 2. The molecule has 1 aromatic heterocycles. The Kier molecular flexibility index (Phi) is 8.39. The number of anilines is 4. The quantitative estimate of drug-likeness (QED) is 0.346. The van der Waals surface area contributed by atoms with Crippen molar-refractivity contribution in [1.29, 1.82) is 0 Å². The molecule has 0 bridgehead atoms. The van der Waals surface area contributed by atoms with Gasteiger partial charge in [-0.3, -0.25) is 9.59 Å².